The van der Waals surface area contributed by atoms with Crippen LogP contribution < -0.4 is 10.6 Å². The minimum atomic E-state index is 0.586. The lowest BCUT2D eigenvalue weighted by molar-refractivity contribution is 0.337. The molecule has 2 aliphatic carbocycles. The predicted octanol–water partition coefficient (Wildman–Crippen LogP) is 2.68. The van der Waals surface area contributed by atoms with Gasteiger partial charge in [-0.3, -0.25) is 0 Å². The number of hydrogen-bond donors (Lipinski definition) is 2. The van der Waals surface area contributed by atoms with Gasteiger partial charge in [-0.05, 0) is 39.2 Å². The maximum absolute atomic E-state index is 4.68. The summed E-state index contributed by atoms with van der Waals surface area (Å²) in [6.07, 6.45) is 6.31. The van der Waals surface area contributed by atoms with Crippen molar-refractivity contribution in [2.75, 3.05) is 37.3 Å². The summed E-state index contributed by atoms with van der Waals surface area (Å²) in [7, 11) is 2.21. The third kappa shape index (κ3) is 4.30. The van der Waals surface area contributed by atoms with Gasteiger partial charge >= 0.3 is 0 Å². The largest absolute Gasteiger partial charge is 0.370 e. The summed E-state index contributed by atoms with van der Waals surface area (Å²) in [5, 5.41) is 6.85. The molecule has 0 spiro atoms. The Morgan fingerprint density at radius 1 is 1.10 bits per heavy atom. The van der Waals surface area contributed by atoms with Crippen molar-refractivity contribution in [1.82, 2.24) is 14.9 Å². The lowest BCUT2D eigenvalue weighted by Gasteiger charge is -2.16. The topological polar surface area (TPSA) is 53.1 Å². The van der Waals surface area contributed by atoms with Crippen LogP contribution in [0.2, 0.25) is 0 Å². The van der Waals surface area contributed by atoms with E-state index in [0.717, 1.165) is 49.6 Å². The molecular formula is C16H27N5. The Bertz CT molecular complexity index is 468. The lowest BCUT2D eigenvalue weighted by atomic mass is 10.3. The summed E-state index contributed by atoms with van der Waals surface area (Å²) in [4.78, 5) is 11.8. The second-order valence-corrected chi connectivity index (χ2v) is 6.34. The fourth-order valence-corrected chi connectivity index (χ4v) is 2.48. The normalized spacial score (nSPS) is 18.0. The van der Waals surface area contributed by atoms with Crippen molar-refractivity contribution in [3.8, 4) is 0 Å². The zero-order valence-corrected chi connectivity index (χ0v) is 13.2. The molecule has 0 atom stereocenters. The lowest BCUT2D eigenvalue weighted by Crippen LogP contribution is -2.27. The third-order valence-corrected chi connectivity index (χ3v) is 4.18. The fraction of sp³-hybridized carbons (Fsp3) is 0.750. The van der Waals surface area contributed by atoms with Gasteiger partial charge in [-0.1, -0.05) is 6.92 Å². The predicted molar refractivity (Wildman–Crippen MR) is 86.9 cm³/mol. The maximum atomic E-state index is 4.68. The van der Waals surface area contributed by atoms with Crippen molar-refractivity contribution < 1.29 is 0 Å². The molecule has 0 aromatic carbocycles. The first-order chi connectivity index (χ1) is 10.3. The molecular weight excluding hydrogens is 262 g/mol. The van der Waals surface area contributed by atoms with E-state index in [1.165, 1.54) is 25.7 Å². The molecule has 0 saturated heterocycles. The minimum absolute atomic E-state index is 0.586. The summed E-state index contributed by atoms with van der Waals surface area (Å²) in [6, 6.07) is 2.86. The molecule has 116 valence electrons. The van der Waals surface area contributed by atoms with Crippen LogP contribution in [-0.2, 0) is 0 Å². The number of anilines is 2. The van der Waals surface area contributed by atoms with Gasteiger partial charge in [0.1, 0.15) is 17.5 Å². The molecule has 0 bridgehead atoms. The van der Waals surface area contributed by atoms with Crippen LogP contribution in [0.4, 0.5) is 11.6 Å². The van der Waals surface area contributed by atoms with Gasteiger partial charge in [0.05, 0.1) is 0 Å². The summed E-state index contributed by atoms with van der Waals surface area (Å²) in [6.45, 7) is 5.15. The number of nitrogens with one attached hydrogen (secondary N) is 2. The Morgan fingerprint density at radius 2 is 1.76 bits per heavy atom. The quantitative estimate of drug-likeness (QED) is 0.732. The molecule has 5 nitrogen and oxygen atoms in total. The monoisotopic (exact) mass is 289 g/mol. The van der Waals surface area contributed by atoms with Gasteiger partial charge in [0.25, 0.3) is 0 Å². The van der Waals surface area contributed by atoms with E-state index in [2.05, 4.69) is 39.5 Å². The molecule has 2 fully saturated rings. The van der Waals surface area contributed by atoms with Crippen molar-refractivity contribution in [2.24, 2.45) is 0 Å². The van der Waals surface area contributed by atoms with Gasteiger partial charge in [0, 0.05) is 37.7 Å². The fourth-order valence-electron chi connectivity index (χ4n) is 2.48. The van der Waals surface area contributed by atoms with E-state index >= 15 is 0 Å². The van der Waals surface area contributed by atoms with Crippen molar-refractivity contribution in [3.63, 3.8) is 0 Å². The smallest absolute Gasteiger partial charge is 0.136 e. The Labute approximate surface area is 127 Å². The third-order valence-electron chi connectivity index (χ3n) is 4.18. The zero-order chi connectivity index (χ0) is 14.7. The Morgan fingerprint density at radius 3 is 2.33 bits per heavy atom. The Hall–Kier alpha value is -1.36. The van der Waals surface area contributed by atoms with Gasteiger partial charge < -0.3 is 15.5 Å². The molecule has 2 aliphatic rings. The van der Waals surface area contributed by atoms with E-state index in [4.69, 9.17) is 0 Å². The summed E-state index contributed by atoms with van der Waals surface area (Å²) >= 11 is 0. The Balaban J connectivity index is 1.57. The van der Waals surface area contributed by atoms with Crippen LogP contribution in [-0.4, -0.2) is 47.6 Å². The van der Waals surface area contributed by atoms with Crippen LogP contribution in [0.15, 0.2) is 6.07 Å². The van der Waals surface area contributed by atoms with Crippen molar-refractivity contribution in [2.45, 2.75) is 51.0 Å². The van der Waals surface area contributed by atoms with E-state index in [0.29, 0.717) is 5.92 Å². The van der Waals surface area contributed by atoms with Crippen LogP contribution in [0, 0.1) is 0 Å². The van der Waals surface area contributed by atoms with Gasteiger partial charge in [0.15, 0.2) is 0 Å². The van der Waals surface area contributed by atoms with Crippen LogP contribution in [0.5, 0.6) is 0 Å². The molecule has 5 heteroatoms. The van der Waals surface area contributed by atoms with Crippen LogP contribution in [0.25, 0.3) is 0 Å². The molecule has 2 N–H and O–H groups in total. The van der Waals surface area contributed by atoms with E-state index in [1.807, 2.05) is 6.07 Å². The standard InChI is InChI=1S/C16H27N5/c1-3-8-17-14-11-15(20-16(19-14)12-4-5-12)18-9-10-21(2)13-6-7-13/h11-13H,3-10H2,1-2H3,(H2,17,18,19,20). The van der Waals surface area contributed by atoms with E-state index in [1.54, 1.807) is 0 Å². The first kappa shape index (κ1) is 14.6. The highest BCUT2D eigenvalue weighted by Gasteiger charge is 2.27. The molecule has 3 rings (SSSR count). The average molecular weight is 289 g/mol. The van der Waals surface area contributed by atoms with Gasteiger partial charge in [-0.2, -0.15) is 0 Å². The second-order valence-electron chi connectivity index (χ2n) is 6.34. The molecule has 0 unspecified atom stereocenters. The second kappa shape index (κ2) is 6.60. The van der Waals surface area contributed by atoms with Crippen LogP contribution in [0.1, 0.15) is 50.8 Å². The number of rotatable bonds is 9. The molecule has 1 aromatic rings. The summed E-state index contributed by atoms with van der Waals surface area (Å²) < 4.78 is 0. The maximum Gasteiger partial charge on any atom is 0.136 e. The van der Waals surface area contributed by atoms with Crippen molar-refractivity contribution in [1.29, 1.82) is 0 Å². The highest BCUT2D eigenvalue weighted by molar-refractivity contribution is 5.48. The highest BCUT2D eigenvalue weighted by Crippen LogP contribution is 2.38. The number of aromatic nitrogens is 2. The van der Waals surface area contributed by atoms with Crippen molar-refractivity contribution >= 4 is 11.6 Å². The number of hydrogen-bond acceptors (Lipinski definition) is 5. The number of likely N-dealkylation sites (N-methyl/N-ethyl adjacent to an activating group) is 1. The first-order valence-electron chi connectivity index (χ1n) is 8.33. The first-order valence-corrected chi connectivity index (χ1v) is 8.33. The molecule has 21 heavy (non-hydrogen) atoms. The molecule has 2 saturated carbocycles. The summed E-state index contributed by atoms with van der Waals surface area (Å²) in [5.41, 5.74) is 0. The van der Waals surface area contributed by atoms with E-state index < -0.39 is 0 Å². The average Bonchev–Trinajstić information content (AvgIpc) is 3.37. The molecule has 1 heterocycles. The minimum Gasteiger partial charge on any atom is -0.370 e. The van der Waals surface area contributed by atoms with E-state index in [9.17, 15) is 0 Å². The van der Waals surface area contributed by atoms with Crippen LogP contribution >= 0.6 is 0 Å². The van der Waals surface area contributed by atoms with Crippen molar-refractivity contribution in [3.05, 3.63) is 11.9 Å². The van der Waals surface area contributed by atoms with Gasteiger partial charge in [-0.15, -0.1) is 0 Å². The van der Waals surface area contributed by atoms with Crippen LogP contribution in [0.3, 0.4) is 0 Å². The van der Waals surface area contributed by atoms with E-state index in [-0.39, 0.29) is 0 Å². The van der Waals surface area contributed by atoms with Gasteiger partial charge in [0.2, 0.25) is 0 Å². The summed E-state index contributed by atoms with van der Waals surface area (Å²) in [5.74, 6) is 3.53. The molecule has 0 amide bonds. The Kier molecular flexibility index (Phi) is 4.58. The number of nitrogens with zero attached hydrogens (tertiary/aromatic N) is 3. The molecule has 1 aromatic heterocycles. The molecule has 0 radical (unpaired) electrons. The molecule has 0 aliphatic heterocycles. The highest BCUT2D eigenvalue weighted by atomic mass is 15.2. The van der Waals surface area contributed by atoms with Gasteiger partial charge in [-0.25, -0.2) is 9.97 Å². The zero-order valence-electron chi connectivity index (χ0n) is 13.2. The SMILES string of the molecule is CCCNc1cc(NCCN(C)C2CC2)nc(C2CC2)n1.